The number of rotatable bonds is 5. The summed E-state index contributed by atoms with van der Waals surface area (Å²) in [5.74, 6) is 0.0234. The molecule has 0 saturated heterocycles. The van der Waals surface area contributed by atoms with Crippen molar-refractivity contribution in [3.05, 3.63) is 31.9 Å². The molecule has 0 spiro atoms. The van der Waals surface area contributed by atoms with Crippen LogP contribution >= 0.6 is 34.2 Å². The summed E-state index contributed by atoms with van der Waals surface area (Å²) in [6, 6.07) is 3.72. The van der Waals surface area contributed by atoms with Gasteiger partial charge in [0.05, 0.1) is 15.6 Å². The topological polar surface area (TPSA) is 77.3 Å². The third-order valence-electron chi connectivity index (χ3n) is 2.23. The molecule has 1 aromatic rings. The summed E-state index contributed by atoms with van der Waals surface area (Å²) >= 11 is 7.38. The fraction of sp³-hybridized carbons (Fsp3) is 0.400. The van der Waals surface area contributed by atoms with Crippen LogP contribution in [0.25, 0.3) is 0 Å². The number of hydrogen-bond donors (Lipinski definition) is 0. The molecule has 1 atom stereocenters. The molecule has 1 unspecified atom stereocenters. The highest BCUT2D eigenvalue weighted by atomic mass is 127. The Bertz CT molecular complexity index is 561. The number of nitrogens with zero attached hydrogens (tertiary/aromatic N) is 1. The Morgan fingerprint density at radius 2 is 2.11 bits per heavy atom. The Morgan fingerprint density at radius 1 is 1.50 bits per heavy atom. The zero-order chi connectivity index (χ0) is 13.9. The van der Waals surface area contributed by atoms with Crippen molar-refractivity contribution in [1.82, 2.24) is 0 Å². The van der Waals surface area contributed by atoms with E-state index in [0.717, 1.165) is 0 Å². The number of sulfone groups is 1. The summed E-state index contributed by atoms with van der Waals surface area (Å²) in [6.07, 6.45) is 0. The van der Waals surface area contributed by atoms with Gasteiger partial charge in [0.25, 0.3) is 5.69 Å². The fourth-order valence-corrected chi connectivity index (χ4v) is 4.79. The van der Waals surface area contributed by atoms with E-state index in [2.05, 4.69) is 0 Å². The van der Waals surface area contributed by atoms with Crippen LogP contribution in [-0.2, 0) is 9.84 Å². The first-order valence-corrected chi connectivity index (χ1v) is 8.27. The van der Waals surface area contributed by atoms with Crippen LogP contribution in [0.4, 0.5) is 5.69 Å². The average molecular weight is 404 g/mol. The molecule has 0 fully saturated rings. The van der Waals surface area contributed by atoms with Crippen LogP contribution in [0.2, 0.25) is 0 Å². The van der Waals surface area contributed by atoms with Crippen LogP contribution in [0.1, 0.15) is 6.92 Å². The minimum absolute atomic E-state index is 0.0652. The second kappa shape index (κ2) is 6.16. The second-order valence-corrected chi connectivity index (χ2v) is 7.39. The molecule has 0 aromatic heterocycles. The molecule has 0 saturated carbocycles. The molecule has 0 bridgehead atoms. The number of non-ortho nitro benzene ring substituents is 1. The third-order valence-corrected chi connectivity index (χ3v) is 6.05. The molecule has 0 N–H and O–H groups in total. The van der Waals surface area contributed by atoms with Gasteiger partial charge in [-0.15, -0.1) is 11.6 Å². The summed E-state index contributed by atoms with van der Waals surface area (Å²) in [5, 5.41) is 10.6. The first-order valence-electron chi connectivity index (χ1n) is 5.00. The Labute approximate surface area is 124 Å². The SMILES string of the molecule is CC(CCl)CS(=O)(=O)c1ccc([N+](=O)[O-])cc1I. The number of hydrogen-bond acceptors (Lipinski definition) is 4. The van der Waals surface area contributed by atoms with Crippen LogP contribution in [-0.4, -0.2) is 25.0 Å². The van der Waals surface area contributed by atoms with Gasteiger partial charge in [-0.05, 0) is 34.6 Å². The average Bonchev–Trinajstić information content (AvgIpc) is 2.27. The Morgan fingerprint density at radius 3 is 2.56 bits per heavy atom. The van der Waals surface area contributed by atoms with E-state index in [1.54, 1.807) is 29.5 Å². The van der Waals surface area contributed by atoms with Crippen LogP contribution in [0, 0.1) is 19.6 Å². The zero-order valence-corrected chi connectivity index (χ0v) is 13.2. The molecule has 1 rings (SSSR count). The second-order valence-electron chi connectivity index (χ2n) is 3.91. The van der Waals surface area contributed by atoms with Gasteiger partial charge in [-0.1, -0.05) is 6.92 Å². The highest BCUT2D eigenvalue weighted by molar-refractivity contribution is 14.1. The maximum Gasteiger partial charge on any atom is 0.270 e. The lowest BCUT2D eigenvalue weighted by Gasteiger charge is -2.10. The molecule has 8 heteroatoms. The van der Waals surface area contributed by atoms with Gasteiger partial charge in [-0.25, -0.2) is 8.42 Å². The van der Waals surface area contributed by atoms with E-state index < -0.39 is 14.8 Å². The van der Waals surface area contributed by atoms with Crippen LogP contribution in [0.5, 0.6) is 0 Å². The molecule has 5 nitrogen and oxygen atoms in total. The molecule has 0 heterocycles. The fourth-order valence-electron chi connectivity index (χ4n) is 1.36. The summed E-state index contributed by atoms with van der Waals surface area (Å²) in [6.45, 7) is 1.74. The van der Waals surface area contributed by atoms with Crippen molar-refractivity contribution in [1.29, 1.82) is 0 Å². The van der Waals surface area contributed by atoms with Gasteiger partial charge >= 0.3 is 0 Å². The van der Waals surface area contributed by atoms with E-state index in [9.17, 15) is 18.5 Å². The molecule has 100 valence electrons. The van der Waals surface area contributed by atoms with Gasteiger partial charge < -0.3 is 0 Å². The van der Waals surface area contributed by atoms with E-state index >= 15 is 0 Å². The minimum atomic E-state index is -3.46. The molecule has 0 aliphatic carbocycles. The largest absolute Gasteiger partial charge is 0.270 e. The van der Waals surface area contributed by atoms with E-state index in [4.69, 9.17) is 11.6 Å². The normalized spacial score (nSPS) is 13.3. The van der Waals surface area contributed by atoms with Crippen LogP contribution in [0.15, 0.2) is 23.1 Å². The molecule has 0 radical (unpaired) electrons. The summed E-state index contributed by atoms with van der Waals surface area (Å²) in [7, 11) is -3.46. The predicted molar refractivity (Wildman–Crippen MR) is 77.8 cm³/mol. The lowest BCUT2D eigenvalue weighted by Crippen LogP contribution is -2.16. The van der Waals surface area contributed by atoms with Crippen molar-refractivity contribution < 1.29 is 13.3 Å². The maximum atomic E-state index is 12.1. The molecule has 0 aliphatic rings. The lowest BCUT2D eigenvalue weighted by atomic mass is 10.3. The monoisotopic (exact) mass is 403 g/mol. The first kappa shape index (κ1) is 15.6. The molecular weight excluding hydrogens is 393 g/mol. The number of nitro groups is 1. The van der Waals surface area contributed by atoms with Crippen molar-refractivity contribution in [2.75, 3.05) is 11.6 Å². The predicted octanol–water partition coefficient (Wildman–Crippen LogP) is 2.85. The smallest absolute Gasteiger partial charge is 0.258 e. The van der Waals surface area contributed by atoms with Gasteiger partial charge in [-0.3, -0.25) is 10.1 Å². The van der Waals surface area contributed by atoms with Crippen LogP contribution in [0.3, 0.4) is 0 Å². The summed E-state index contributed by atoms with van der Waals surface area (Å²) in [4.78, 5) is 10.1. The van der Waals surface area contributed by atoms with Crippen molar-refractivity contribution in [2.24, 2.45) is 5.92 Å². The van der Waals surface area contributed by atoms with Gasteiger partial charge in [0, 0.05) is 21.6 Å². The first-order chi connectivity index (χ1) is 8.27. The molecule has 0 amide bonds. The number of benzene rings is 1. The van der Waals surface area contributed by atoms with E-state index in [1.165, 1.54) is 18.2 Å². The van der Waals surface area contributed by atoms with Gasteiger partial charge in [0.2, 0.25) is 0 Å². The number of halogens is 2. The molecule has 0 aliphatic heterocycles. The Balaban J connectivity index is 3.14. The van der Waals surface area contributed by atoms with Crippen molar-refractivity contribution >= 4 is 49.7 Å². The number of alkyl halides is 1. The van der Waals surface area contributed by atoms with E-state index in [1.807, 2.05) is 0 Å². The van der Waals surface area contributed by atoms with E-state index in [-0.39, 0.29) is 28.1 Å². The maximum absolute atomic E-state index is 12.1. The van der Waals surface area contributed by atoms with Crippen molar-refractivity contribution in [2.45, 2.75) is 11.8 Å². The third kappa shape index (κ3) is 3.79. The molecule has 1 aromatic carbocycles. The van der Waals surface area contributed by atoms with E-state index in [0.29, 0.717) is 3.57 Å². The van der Waals surface area contributed by atoms with Crippen LogP contribution < -0.4 is 0 Å². The van der Waals surface area contributed by atoms with Crippen molar-refractivity contribution in [3.8, 4) is 0 Å². The zero-order valence-electron chi connectivity index (χ0n) is 9.47. The van der Waals surface area contributed by atoms with Gasteiger partial charge in [0.15, 0.2) is 9.84 Å². The Hall–Kier alpha value is -0.410. The Kier molecular flexibility index (Phi) is 5.35. The molecule has 18 heavy (non-hydrogen) atoms. The number of nitro benzene ring substituents is 1. The minimum Gasteiger partial charge on any atom is -0.258 e. The highest BCUT2D eigenvalue weighted by Gasteiger charge is 2.22. The lowest BCUT2D eigenvalue weighted by molar-refractivity contribution is -0.385. The summed E-state index contributed by atoms with van der Waals surface area (Å²) < 4.78 is 24.5. The van der Waals surface area contributed by atoms with Gasteiger partial charge in [-0.2, -0.15) is 0 Å². The molecular formula is C10H11ClINO4S. The highest BCUT2D eigenvalue weighted by Crippen LogP contribution is 2.25. The quantitative estimate of drug-likeness (QED) is 0.328. The standard InChI is InChI=1S/C10H11ClINO4S/c1-7(5-11)6-18(16,17)10-3-2-8(13(14)15)4-9(10)12/h2-4,7H,5-6H2,1H3. The summed E-state index contributed by atoms with van der Waals surface area (Å²) in [5.41, 5.74) is -0.122. The van der Waals surface area contributed by atoms with Gasteiger partial charge in [0.1, 0.15) is 0 Å². The van der Waals surface area contributed by atoms with Crippen molar-refractivity contribution in [3.63, 3.8) is 0 Å².